The van der Waals surface area contributed by atoms with Crippen LogP contribution in [0.25, 0.3) is 22.0 Å². The van der Waals surface area contributed by atoms with Gasteiger partial charge in [0.2, 0.25) is 0 Å². The summed E-state index contributed by atoms with van der Waals surface area (Å²) >= 11 is 0. The molecule has 1 aromatic rings. The van der Waals surface area contributed by atoms with Crippen molar-refractivity contribution >= 4 is 10.8 Å². The minimum absolute atomic E-state index is 0.0984. The van der Waals surface area contributed by atoms with Crippen LogP contribution >= 0.6 is 0 Å². The SMILES string of the molecule is O=c1[nH]ccnc2c3ccccc3cc1-2. The highest BCUT2D eigenvalue weighted by molar-refractivity contribution is 5.99. The van der Waals surface area contributed by atoms with Crippen LogP contribution in [0.2, 0.25) is 0 Å². The number of hydrogen-bond acceptors (Lipinski definition) is 2. The number of nitrogens with zero attached hydrogens (tertiary/aromatic N) is 1. The summed E-state index contributed by atoms with van der Waals surface area (Å²) in [6.45, 7) is 0. The van der Waals surface area contributed by atoms with Crippen molar-refractivity contribution < 1.29 is 0 Å². The molecule has 0 bridgehead atoms. The van der Waals surface area contributed by atoms with Gasteiger partial charge in [0.1, 0.15) is 0 Å². The molecule has 1 aliphatic heterocycles. The van der Waals surface area contributed by atoms with E-state index in [0.29, 0.717) is 5.56 Å². The molecule has 3 nitrogen and oxygen atoms in total. The maximum Gasteiger partial charge on any atom is 0.257 e. The van der Waals surface area contributed by atoms with E-state index in [0.717, 1.165) is 16.5 Å². The molecule has 0 amide bonds. The van der Waals surface area contributed by atoms with E-state index < -0.39 is 0 Å². The van der Waals surface area contributed by atoms with Crippen molar-refractivity contribution in [3.05, 3.63) is 53.1 Å². The predicted molar refractivity (Wildman–Crippen MR) is 59.0 cm³/mol. The average molecular weight is 196 g/mol. The van der Waals surface area contributed by atoms with Crippen molar-refractivity contribution in [1.82, 2.24) is 9.97 Å². The average Bonchev–Trinajstić information content (AvgIpc) is 2.54. The van der Waals surface area contributed by atoms with E-state index >= 15 is 0 Å². The lowest BCUT2D eigenvalue weighted by Crippen LogP contribution is -2.02. The van der Waals surface area contributed by atoms with Crippen LogP contribution in [0.3, 0.4) is 0 Å². The molecule has 0 atom stereocenters. The minimum Gasteiger partial charge on any atom is -0.327 e. The van der Waals surface area contributed by atoms with Gasteiger partial charge in [0, 0.05) is 17.8 Å². The van der Waals surface area contributed by atoms with Crippen molar-refractivity contribution in [3.8, 4) is 11.3 Å². The number of rotatable bonds is 0. The molecule has 0 saturated carbocycles. The molecule has 1 heterocycles. The summed E-state index contributed by atoms with van der Waals surface area (Å²) in [6.07, 6.45) is 3.16. The van der Waals surface area contributed by atoms with Gasteiger partial charge in [-0.25, -0.2) is 0 Å². The van der Waals surface area contributed by atoms with Crippen molar-refractivity contribution in [3.63, 3.8) is 0 Å². The first-order chi connectivity index (χ1) is 7.36. The smallest absolute Gasteiger partial charge is 0.257 e. The van der Waals surface area contributed by atoms with Crippen LogP contribution in [0.1, 0.15) is 0 Å². The Kier molecular flexibility index (Phi) is 1.59. The topological polar surface area (TPSA) is 45.8 Å². The van der Waals surface area contributed by atoms with E-state index in [1.807, 2.05) is 30.3 Å². The fraction of sp³-hybridized carbons (Fsp3) is 0. The highest BCUT2D eigenvalue weighted by Crippen LogP contribution is 2.28. The van der Waals surface area contributed by atoms with Crippen molar-refractivity contribution in [2.75, 3.05) is 0 Å². The molecular weight excluding hydrogens is 188 g/mol. The molecule has 0 aromatic heterocycles. The Balaban J connectivity index is 2.59. The van der Waals surface area contributed by atoms with Crippen LogP contribution in [-0.4, -0.2) is 9.97 Å². The van der Waals surface area contributed by atoms with E-state index in [1.165, 1.54) is 0 Å². The first-order valence-electron chi connectivity index (χ1n) is 4.71. The van der Waals surface area contributed by atoms with Gasteiger partial charge in [-0.2, -0.15) is 0 Å². The Morgan fingerprint density at radius 2 is 2.07 bits per heavy atom. The van der Waals surface area contributed by atoms with Gasteiger partial charge in [0.05, 0.1) is 11.3 Å². The lowest BCUT2D eigenvalue weighted by atomic mass is 10.2. The van der Waals surface area contributed by atoms with E-state index in [1.54, 1.807) is 12.4 Å². The first-order valence-corrected chi connectivity index (χ1v) is 4.71. The normalized spacial score (nSPS) is 10.9. The summed E-state index contributed by atoms with van der Waals surface area (Å²) in [6, 6.07) is 9.73. The fourth-order valence-corrected chi connectivity index (χ4v) is 1.82. The van der Waals surface area contributed by atoms with Gasteiger partial charge < -0.3 is 4.98 Å². The molecule has 72 valence electrons. The summed E-state index contributed by atoms with van der Waals surface area (Å²) in [4.78, 5) is 18.6. The maximum absolute atomic E-state index is 11.7. The molecule has 2 aliphatic rings. The molecule has 15 heavy (non-hydrogen) atoms. The van der Waals surface area contributed by atoms with E-state index in [4.69, 9.17) is 0 Å². The molecule has 3 rings (SSSR count). The summed E-state index contributed by atoms with van der Waals surface area (Å²) in [5.41, 5.74) is 1.30. The fourth-order valence-electron chi connectivity index (χ4n) is 1.82. The summed E-state index contributed by atoms with van der Waals surface area (Å²) in [5.74, 6) is 0. The second kappa shape index (κ2) is 2.92. The van der Waals surface area contributed by atoms with Gasteiger partial charge in [-0.1, -0.05) is 24.3 Å². The number of benzene rings is 1. The van der Waals surface area contributed by atoms with Crippen LogP contribution in [0.5, 0.6) is 0 Å². The predicted octanol–water partition coefficient (Wildman–Crippen LogP) is 2.03. The van der Waals surface area contributed by atoms with Crippen molar-refractivity contribution in [1.29, 1.82) is 0 Å². The van der Waals surface area contributed by atoms with E-state index in [2.05, 4.69) is 9.97 Å². The number of nitrogens with one attached hydrogen (secondary N) is 1. The Morgan fingerprint density at radius 1 is 1.20 bits per heavy atom. The summed E-state index contributed by atoms with van der Waals surface area (Å²) in [5, 5.41) is 2.07. The van der Waals surface area contributed by atoms with Crippen LogP contribution in [0, 0.1) is 0 Å². The van der Waals surface area contributed by atoms with Gasteiger partial charge in [0.15, 0.2) is 0 Å². The van der Waals surface area contributed by atoms with Crippen LogP contribution in [0.4, 0.5) is 0 Å². The molecule has 1 aliphatic carbocycles. The Morgan fingerprint density at radius 3 is 3.00 bits per heavy atom. The molecule has 1 aromatic carbocycles. The Labute approximate surface area is 85.8 Å². The number of aromatic nitrogens is 2. The van der Waals surface area contributed by atoms with Gasteiger partial charge in [-0.3, -0.25) is 9.78 Å². The largest absolute Gasteiger partial charge is 0.327 e. The zero-order chi connectivity index (χ0) is 10.3. The monoisotopic (exact) mass is 196 g/mol. The molecule has 0 spiro atoms. The highest BCUT2D eigenvalue weighted by atomic mass is 16.1. The second-order valence-electron chi connectivity index (χ2n) is 3.41. The van der Waals surface area contributed by atoms with Gasteiger partial charge in [0.25, 0.3) is 5.56 Å². The van der Waals surface area contributed by atoms with E-state index in [-0.39, 0.29) is 5.56 Å². The zero-order valence-electron chi connectivity index (χ0n) is 7.90. The molecule has 3 heteroatoms. The maximum atomic E-state index is 11.7. The summed E-state index contributed by atoms with van der Waals surface area (Å²) in [7, 11) is 0. The Bertz CT molecular complexity index is 657. The van der Waals surface area contributed by atoms with Crippen LogP contribution in [-0.2, 0) is 0 Å². The molecule has 1 N–H and O–H groups in total. The van der Waals surface area contributed by atoms with Crippen molar-refractivity contribution in [2.24, 2.45) is 0 Å². The summed E-state index contributed by atoms with van der Waals surface area (Å²) < 4.78 is 0. The first kappa shape index (κ1) is 8.17. The second-order valence-corrected chi connectivity index (χ2v) is 3.41. The number of fused-ring (bicyclic) bond motifs is 3. The molecule has 0 radical (unpaired) electrons. The van der Waals surface area contributed by atoms with Gasteiger partial charge in [-0.15, -0.1) is 0 Å². The number of aromatic amines is 1. The molecule has 0 saturated heterocycles. The quantitative estimate of drug-likeness (QED) is 0.598. The van der Waals surface area contributed by atoms with E-state index in [9.17, 15) is 4.79 Å². The van der Waals surface area contributed by atoms with Crippen molar-refractivity contribution in [2.45, 2.75) is 0 Å². The zero-order valence-corrected chi connectivity index (χ0v) is 7.90. The van der Waals surface area contributed by atoms with Crippen LogP contribution < -0.4 is 5.56 Å². The highest BCUT2D eigenvalue weighted by Gasteiger charge is 2.12. The van der Waals surface area contributed by atoms with Gasteiger partial charge in [-0.05, 0) is 11.5 Å². The molecule has 0 unspecified atom stereocenters. The Hall–Kier alpha value is -2.16. The third kappa shape index (κ3) is 1.13. The lowest BCUT2D eigenvalue weighted by Gasteiger charge is -1.89. The molecular formula is C12H8N2O. The third-order valence-corrected chi connectivity index (χ3v) is 2.51. The third-order valence-electron chi connectivity index (χ3n) is 2.51. The van der Waals surface area contributed by atoms with Gasteiger partial charge >= 0.3 is 0 Å². The lowest BCUT2D eigenvalue weighted by molar-refractivity contribution is 1.27. The standard InChI is InChI=1S/C12H8N2O/c15-12-10-7-8-3-1-2-4-9(8)11(10)13-5-6-14-12/h1-7H,(H,14,15). The van der Waals surface area contributed by atoms with Crippen LogP contribution in [0.15, 0.2) is 47.5 Å². The number of hydrogen-bond donors (Lipinski definition) is 1. The minimum atomic E-state index is -0.0984. The molecule has 0 fully saturated rings. The number of H-pyrrole nitrogens is 1.